The number of carbonyl (C=O) groups excluding carboxylic acids is 1. The molecule has 0 fully saturated rings. The topological polar surface area (TPSA) is 65.5 Å². The Hall–Kier alpha value is -1.75. The van der Waals surface area contributed by atoms with E-state index in [1.165, 1.54) is 0 Å². The van der Waals surface area contributed by atoms with Gasteiger partial charge >= 0.3 is 0 Å². The molecule has 6 heteroatoms. The van der Waals surface area contributed by atoms with Crippen molar-refractivity contribution in [3.8, 4) is 0 Å². The minimum Gasteiger partial charge on any atom is -0.356 e. The maximum atomic E-state index is 12.0. The monoisotopic (exact) mass is 338 g/mol. The van der Waals surface area contributed by atoms with E-state index in [1.807, 2.05) is 19.1 Å². The number of nitrogens with zero attached hydrogens (tertiary/aromatic N) is 1. The highest BCUT2D eigenvalue weighted by molar-refractivity contribution is 6.31. The number of hydrogen-bond acceptors (Lipinski definition) is 2. The average Bonchev–Trinajstić information content (AvgIpc) is 2.50. The molecule has 1 rings (SSSR count). The maximum Gasteiger partial charge on any atom is 0.226 e. The number of amides is 1. The van der Waals surface area contributed by atoms with Crippen molar-refractivity contribution in [1.82, 2.24) is 10.6 Å². The molecule has 0 aliphatic carbocycles. The second kappa shape index (κ2) is 9.40. The van der Waals surface area contributed by atoms with E-state index < -0.39 is 0 Å². The molecule has 0 aromatic heterocycles. The normalized spacial score (nSPS) is 12.9. The Labute approximate surface area is 143 Å². The summed E-state index contributed by atoms with van der Waals surface area (Å²) in [5, 5.41) is 9.97. The second-order valence-electron chi connectivity index (χ2n) is 5.89. The molecule has 0 saturated carbocycles. The van der Waals surface area contributed by atoms with Crippen molar-refractivity contribution in [1.29, 1.82) is 0 Å². The van der Waals surface area contributed by atoms with Crippen LogP contribution in [0.5, 0.6) is 0 Å². The predicted molar refractivity (Wildman–Crippen MR) is 98.2 cm³/mol. The highest BCUT2D eigenvalue weighted by Crippen LogP contribution is 2.22. The lowest BCUT2D eigenvalue weighted by atomic mass is 10.1. The number of halogens is 1. The number of benzene rings is 1. The van der Waals surface area contributed by atoms with Gasteiger partial charge in [-0.05, 0) is 37.5 Å². The molecule has 0 spiro atoms. The summed E-state index contributed by atoms with van der Waals surface area (Å²) in [5.74, 6) is 1.15. The minimum atomic E-state index is -0.0600. The van der Waals surface area contributed by atoms with E-state index in [4.69, 9.17) is 11.6 Å². The van der Waals surface area contributed by atoms with Gasteiger partial charge in [-0.2, -0.15) is 0 Å². The maximum absolute atomic E-state index is 12.0. The second-order valence-corrected chi connectivity index (χ2v) is 6.29. The zero-order chi connectivity index (χ0) is 17.4. The summed E-state index contributed by atoms with van der Waals surface area (Å²) in [6.45, 7) is 8.79. The van der Waals surface area contributed by atoms with Crippen molar-refractivity contribution in [2.24, 2.45) is 10.9 Å². The largest absolute Gasteiger partial charge is 0.356 e. The molecule has 1 aromatic rings. The number of nitrogens with one attached hydrogen (secondary N) is 3. The molecule has 1 amide bonds. The minimum absolute atomic E-state index is 0.0600. The lowest BCUT2D eigenvalue weighted by Gasteiger charge is -2.20. The van der Waals surface area contributed by atoms with E-state index in [9.17, 15) is 4.79 Å². The number of rotatable bonds is 6. The molecule has 0 heterocycles. The van der Waals surface area contributed by atoms with E-state index >= 15 is 0 Å². The van der Waals surface area contributed by atoms with Crippen LogP contribution in [0.4, 0.5) is 5.69 Å². The molecule has 0 radical (unpaired) electrons. The van der Waals surface area contributed by atoms with E-state index in [2.05, 4.69) is 41.7 Å². The first-order valence-electron chi connectivity index (χ1n) is 7.87. The lowest BCUT2D eigenvalue weighted by molar-refractivity contribution is -0.116. The molecular formula is C17H27ClN4O. The van der Waals surface area contributed by atoms with Crippen LogP contribution in [-0.4, -0.2) is 31.5 Å². The first kappa shape index (κ1) is 19.3. The molecule has 23 heavy (non-hydrogen) atoms. The van der Waals surface area contributed by atoms with Gasteiger partial charge in [0.05, 0.1) is 0 Å². The van der Waals surface area contributed by atoms with E-state index in [-0.39, 0.29) is 5.91 Å². The fourth-order valence-corrected chi connectivity index (χ4v) is 2.00. The summed E-state index contributed by atoms with van der Waals surface area (Å²) >= 11 is 6.05. The van der Waals surface area contributed by atoms with Crippen LogP contribution in [0.2, 0.25) is 5.02 Å². The molecular weight excluding hydrogens is 312 g/mol. The summed E-state index contributed by atoms with van der Waals surface area (Å²) in [7, 11) is 1.72. The van der Waals surface area contributed by atoms with E-state index in [1.54, 1.807) is 13.1 Å². The first-order valence-corrected chi connectivity index (χ1v) is 8.25. The van der Waals surface area contributed by atoms with Crippen molar-refractivity contribution in [2.75, 3.05) is 18.9 Å². The summed E-state index contributed by atoms with van der Waals surface area (Å²) in [5.41, 5.74) is 1.62. The van der Waals surface area contributed by atoms with Crippen LogP contribution >= 0.6 is 11.6 Å². The van der Waals surface area contributed by atoms with Crippen LogP contribution in [-0.2, 0) is 4.79 Å². The molecule has 1 atom stereocenters. The van der Waals surface area contributed by atoms with Crippen LogP contribution in [0.15, 0.2) is 23.2 Å². The summed E-state index contributed by atoms with van der Waals surface area (Å²) in [6.07, 6.45) is 0.350. The van der Waals surface area contributed by atoms with Gasteiger partial charge in [0.2, 0.25) is 5.91 Å². The zero-order valence-corrected chi connectivity index (χ0v) is 15.3. The van der Waals surface area contributed by atoms with E-state index in [0.717, 1.165) is 11.3 Å². The molecule has 1 aromatic carbocycles. The van der Waals surface area contributed by atoms with E-state index in [0.29, 0.717) is 35.9 Å². The molecule has 0 saturated heterocycles. The molecule has 0 aliphatic rings. The van der Waals surface area contributed by atoms with Gasteiger partial charge in [-0.25, -0.2) is 0 Å². The SMILES string of the molecule is CN=C(NCCC(=O)Nc1cccc(Cl)c1C)NC(C)C(C)C. The number of aliphatic imine (C=N–C) groups is 1. The Morgan fingerprint density at radius 1 is 1.30 bits per heavy atom. The molecule has 0 bridgehead atoms. The molecule has 3 N–H and O–H groups in total. The smallest absolute Gasteiger partial charge is 0.226 e. The van der Waals surface area contributed by atoms with Crippen molar-refractivity contribution in [2.45, 2.75) is 40.2 Å². The van der Waals surface area contributed by atoms with Crippen molar-refractivity contribution >= 4 is 29.2 Å². The Morgan fingerprint density at radius 3 is 2.61 bits per heavy atom. The Kier molecular flexibility index (Phi) is 7.89. The van der Waals surface area contributed by atoms with Gasteiger partial charge in [0, 0.05) is 36.8 Å². The van der Waals surface area contributed by atoms with Gasteiger partial charge in [0.1, 0.15) is 0 Å². The number of anilines is 1. The van der Waals surface area contributed by atoms with Crippen molar-refractivity contribution < 1.29 is 4.79 Å². The van der Waals surface area contributed by atoms with Gasteiger partial charge in [-0.1, -0.05) is 31.5 Å². The highest BCUT2D eigenvalue weighted by atomic mass is 35.5. The number of carbonyl (C=O) groups is 1. The predicted octanol–water partition coefficient (Wildman–Crippen LogP) is 3.19. The third-order valence-electron chi connectivity index (χ3n) is 3.77. The van der Waals surface area contributed by atoms with Crippen LogP contribution in [0.3, 0.4) is 0 Å². The lowest BCUT2D eigenvalue weighted by Crippen LogP contribution is -2.44. The molecule has 5 nitrogen and oxygen atoms in total. The third-order valence-corrected chi connectivity index (χ3v) is 4.18. The van der Waals surface area contributed by atoms with Gasteiger partial charge in [0.15, 0.2) is 5.96 Å². The Bertz CT molecular complexity index is 558. The van der Waals surface area contributed by atoms with Crippen LogP contribution in [0.1, 0.15) is 32.8 Å². The van der Waals surface area contributed by atoms with Crippen molar-refractivity contribution in [3.05, 3.63) is 28.8 Å². The van der Waals surface area contributed by atoms with Crippen LogP contribution in [0.25, 0.3) is 0 Å². The molecule has 0 aliphatic heterocycles. The summed E-state index contributed by atoms with van der Waals surface area (Å²) < 4.78 is 0. The van der Waals surface area contributed by atoms with Crippen LogP contribution in [0, 0.1) is 12.8 Å². The number of hydrogen-bond donors (Lipinski definition) is 3. The average molecular weight is 339 g/mol. The zero-order valence-electron chi connectivity index (χ0n) is 14.5. The summed E-state index contributed by atoms with van der Waals surface area (Å²) in [4.78, 5) is 16.2. The standard InChI is InChI=1S/C17H27ClN4O/c1-11(2)13(4)21-17(19-5)20-10-9-16(23)22-15-8-6-7-14(18)12(15)3/h6-8,11,13H,9-10H2,1-5H3,(H,22,23)(H2,19,20,21). The van der Waals surface area contributed by atoms with Gasteiger partial charge in [-0.3, -0.25) is 9.79 Å². The highest BCUT2D eigenvalue weighted by Gasteiger charge is 2.10. The van der Waals surface area contributed by atoms with Gasteiger partial charge in [0.25, 0.3) is 0 Å². The summed E-state index contributed by atoms with van der Waals surface area (Å²) in [6, 6.07) is 5.78. The Balaban J connectivity index is 2.43. The fourth-order valence-electron chi connectivity index (χ4n) is 1.83. The molecule has 128 valence electrons. The Morgan fingerprint density at radius 2 is 2.00 bits per heavy atom. The van der Waals surface area contributed by atoms with Gasteiger partial charge in [-0.15, -0.1) is 0 Å². The van der Waals surface area contributed by atoms with Crippen LogP contribution < -0.4 is 16.0 Å². The fraction of sp³-hybridized carbons (Fsp3) is 0.529. The third kappa shape index (κ3) is 6.48. The molecule has 1 unspecified atom stereocenters. The number of guanidine groups is 1. The first-order chi connectivity index (χ1) is 10.8. The quantitative estimate of drug-likeness (QED) is 0.551. The van der Waals surface area contributed by atoms with Gasteiger partial charge < -0.3 is 16.0 Å². The van der Waals surface area contributed by atoms with Crippen molar-refractivity contribution in [3.63, 3.8) is 0 Å².